The topological polar surface area (TPSA) is 84.0 Å². The van der Waals surface area contributed by atoms with Crippen molar-refractivity contribution < 1.29 is 9.59 Å². The van der Waals surface area contributed by atoms with Gasteiger partial charge in [-0.15, -0.1) is 0 Å². The molecule has 2 amide bonds. The van der Waals surface area contributed by atoms with Crippen LogP contribution >= 0.6 is 0 Å². The molecule has 0 saturated heterocycles. The van der Waals surface area contributed by atoms with Gasteiger partial charge >= 0.3 is 11.8 Å². The van der Waals surface area contributed by atoms with E-state index in [-0.39, 0.29) is 11.5 Å². The van der Waals surface area contributed by atoms with Crippen molar-refractivity contribution in [2.24, 2.45) is 11.8 Å². The van der Waals surface area contributed by atoms with Crippen LogP contribution in [0, 0.1) is 18.8 Å². The van der Waals surface area contributed by atoms with Gasteiger partial charge < -0.3 is 10.6 Å². The van der Waals surface area contributed by atoms with Gasteiger partial charge in [0, 0.05) is 5.41 Å². The minimum absolute atomic E-state index is 0.179. The number of nitrogens with zero attached hydrogens (tertiary/aromatic N) is 2. The summed E-state index contributed by atoms with van der Waals surface area (Å²) in [4.78, 5) is 34.1. The average Bonchev–Trinajstić information content (AvgIpc) is 2.72. The molecule has 1 aromatic carbocycles. The number of aromatic nitrogens is 2. The summed E-state index contributed by atoms with van der Waals surface area (Å²) >= 11 is 0. The Labute approximate surface area is 185 Å². The van der Waals surface area contributed by atoms with Crippen LogP contribution in [-0.2, 0) is 15.0 Å². The second-order valence-corrected chi connectivity index (χ2v) is 9.84. The van der Waals surface area contributed by atoms with E-state index in [2.05, 4.69) is 46.6 Å². The van der Waals surface area contributed by atoms with Crippen LogP contribution < -0.4 is 10.6 Å². The summed E-state index contributed by atoms with van der Waals surface area (Å²) in [7, 11) is 0. The molecule has 2 aromatic rings. The lowest BCUT2D eigenvalue weighted by Gasteiger charge is -2.34. The highest BCUT2D eigenvalue weighted by Crippen LogP contribution is 2.38. The van der Waals surface area contributed by atoms with Gasteiger partial charge in [-0.1, -0.05) is 64.8 Å². The van der Waals surface area contributed by atoms with Gasteiger partial charge in [-0.05, 0) is 42.7 Å². The van der Waals surface area contributed by atoms with Crippen molar-refractivity contribution in [3.05, 3.63) is 53.6 Å². The zero-order valence-electron chi connectivity index (χ0n) is 19.2. The molecule has 0 bridgehead atoms. The quantitative estimate of drug-likeness (QED) is 0.699. The first kappa shape index (κ1) is 22.9. The van der Waals surface area contributed by atoms with Gasteiger partial charge in [-0.3, -0.25) is 9.59 Å². The van der Waals surface area contributed by atoms with Crippen LogP contribution in [0.1, 0.15) is 76.4 Å². The Kier molecular flexibility index (Phi) is 7.08. The Balaban J connectivity index is 1.73. The summed E-state index contributed by atoms with van der Waals surface area (Å²) in [5.74, 6) is 0.285. The molecule has 31 heavy (non-hydrogen) atoms. The predicted octanol–water partition coefficient (Wildman–Crippen LogP) is 4.70. The largest absolute Gasteiger partial charge is 0.341 e. The average molecular weight is 423 g/mol. The number of amides is 2. The first-order valence-electron chi connectivity index (χ1n) is 11.1. The Morgan fingerprint density at radius 2 is 1.74 bits per heavy atom. The fraction of sp³-hybridized carbons (Fsp3) is 0.520. The normalized spacial score (nSPS) is 20.0. The maximum atomic E-state index is 12.8. The molecule has 1 aromatic heterocycles. The zero-order chi connectivity index (χ0) is 22.6. The Bertz CT molecular complexity index is 918. The van der Waals surface area contributed by atoms with Crippen molar-refractivity contribution in [2.45, 2.75) is 71.8 Å². The molecule has 0 spiro atoms. The molecule has 0 aliphatic heterocycles. The molecule has 0 unspecified atom stereocenters. The fourth-order valence-corrected chi connectivity index (χ4v) is 4.34. The third-order valence-electron chi connectivity index (χ3n) is 6.05. The minimum Gasteiger partial charge on any atom is -0.341 e. The molecule has 2 N–H and O–H groups in total. The first-order valence-corrected chi connectivity index (χ1v) is 11.1. The van der Waals surface area contributed by atoms with Gasteiger partial charge in [-0.2, -0.15) is 0 Å². The van der Waals surface area contributed by atoms with Crippen LogP contribution in [0.2, 0.25) is 0 Å². The fourth-order valence-electron chi connectivity index (χ4n) is 4.34. The van der Waals surface area contributed by atoms with Crippen LogP contribution in [0.5, 0.6) is 0 Å². The summed E-state index contributed by atoms with van der Waals surface area (Å²) in [6.45, 7) is 10.4. The van der Waals surface area contributed by atoms with E-state index in [4.69, 9.17) is 0 Å². The number of rotatable bonds is 4. The third kappa shape index (κ3) is 5.90. The van der Waals surface area contributed by atoms with Crippen molar-refractivity contribution in [3.63, 3.8) is 0 Å². The zero-order valence-corrected chi connectivity index (χ0v) is 19.2. The van der Waals surface area contributed by atoms with E-state index >= 15 is 0 Å². The highest BCUT2D eigenvalue weighted by atomic mass is 16.2. The van der Waals surface area contributed by atoms with Crippen LogP contribution in [-0.4, -0.2) is 21.8 Å². The summed E-state index contributed by atoms with van der Waals surface area (Å²) in [5, 5.41) is 5.66. The second-order valence-electron chi connectivity index (χ2n) is 9.84. The molecule has 1 heterocycles. The van der Waals surface area contributed by atoms with Crippen molar-refractivity contribution in [3.8, 4) is 0 Å². The number of carbonyl (C=O) groups excluding carboxylic acids is 2. The molecule has 1 fully saturated rings. The van der Waals surface area contributed by atoms with Crippen molar-refractivity contribution in [1.82, 2.24) is 15.3 Å². The standard InChI is InChI=1S/C25H34N4O2/c1-16-9-8-11-18(13-16)21(20-12-7-6-10-17(20)2)29-23(31)22(30)28-19-14-26-24(27-15-19)25(3,4)5/h6-7,10,12,14-16,18,21H,8-9,11,13H2,1-5H3,(H,28,30)(H,29,31)/t16-,18+,21-/m1/s1. The predicted molar refractivity (Wildman–Crippen MR) is 123 cm³/mol. The molecule has 1 aliphatic carbocycles. The number of benzene rings is 1. The Hall–Kier alpha value is -2.76. The third-order valence-corrected chi connectivity index (χ3v) is 6.05. The van der Waals surface area contributed by atoms with E-state index in [1.807, 2.05) is 32.9 Å². The maximum Gasteiger partial charge on any atom is 0.313 e. The van der Waals surface area contributed by atoms with E-state index in [0.29, 0.717) is 23.3 Å². The van der Waals surface area contributed by atoms with Gasteiger partial charge in [0.15, 0.2) is 0 Å². The molecular weight excluding hydrogens is 388 g/mol. The number of nitrogens with one attached hydrogen (secondary N) is 2. The Morgan fingerprint density at radius 3 is 2.35 bits per heavy atom. The van der Waals surface area contributed by atoms with E-state index in [1.165, 1.54) is 6.42 Å². The molecular formula is C25H34N4O2. The van der Waals surface area contributed by atoms with Gasteiger partial charge in [0.1, 0.15) is 5.82 Å². The van der Waals surface area contributed by atoms with E-state index in [9.17, 15) is 9.59 Å². The monoisotopic (exact) mass is 422 g/mol. The highest BCUT2D eigenvalue weighted by Gasteiger charge is 2.31. The van der Waals surface area contributed by atoms with Crippen LogP contribution in [0.25, 0.3) is 0 Å². The number of hydrogen-bond acceptors (Lipinski definition) is 4. The molecule has 3 rings (SSSR count). The lowest BCUT2D eigenvalue weighted by Crippen LogP contribution is -2.41. The van der Waals surface area contributed by atoms with Gasteiger partial charge in [-0.25, -0.2) is 9.97 Å². The van der Waals surface area contributed by atoms with E-state index < -0.39 is 11.8 Å². The molecule has 166 valence electrons. The number of carbonyl (C=O) groups is 2. The lowest BCUT2D eigenvalue weighted by atomic mass is 9.76. The number of aryl methyl sites for hydroxylation is 1. The minimum atomic E-state index is -0.699. The smallest absolute Gasteiger partial charge is 0.313 e. The van der Waals surface area contributed by atoms with Gasteiger partial charge in [0.2, 0.25) is 0 Å². The SMILES string of the molecule is Cc1ccccc1[C@H](NC(=O)C(=O)Nc1cnc(C(C)(C)C)nc1)[C@H]1CCC[C@@H](C)C1. The molecule has 1 saturated carbocycles. The number of hydrogen-bond donors (Lipinski definition) is 2. The highest BCUT2D eigenvalue weighted by molar-refractivity contribution is 6.39. The lowest BCUT2D eigenvalue weighted by molar-refractivity contribution is -0.137. The molecule has 3 atom stereocenters. The second kappa shape index (κ2) is 9.58. The van der Waals surface area contributed by atoms with Crippen LogP contribution in [0.3, 0.4) is 0 Å². The van der Waals surface area contributed by atoms with Crippen LogP contribution in [0.15, 0.2) is 36.7 Å². The van der Waals surface area contributed by atoms with E-state index in [1.54, 1.807) is 12.4 Å². The summed E-state index contributed by atoms with van der Waals surface area (Å²) in [6.07, 6.45) is 7.54. The van der Waals surface area contributed by atoms with E-state index in [0.717, 1.165) is 30.4 Å². The molecule has 1 aliphatic rings. The molecule has 0 radical (unpaired) electrons. The summed E-state index contributed by atoms with van der Waals surface area (Å²) < 4.78 is 0. The summed E-state index contributed by atoms with van der Waals surface area (Å²) in [5.41, 5.74) is 2.43. The maximum absolute atomic E-state index is 12.8. The molecule has 6 heteroatoms. The van der Waals surface area contributed by atoms with Crippen molar-refractivity contribution in [1.29, 1.82) is 0 Å². The molecule has 6 nitrogen and oxygen atoms in total. The van der Waals surface area contributed by atoms with Gasteiger partial charge in [0.05, 0.1) is 24.1 Å². The Morgan fingerprint density at radius 1 is 1.06 bits per heavy atom. The number of anilines is 1. The summed E-state index contributed by atoms with van der Waals surface area (Å²) in [6, 6.07) is 7.91. The van der Waals surface area contributed by atoms with Crippen LogP contribution in [0.4, 0.5) is 5.69 Å². The van der Waals surface area contributed by atoms with Crippen molar-refractivity contribution >= 4 is 17.5 Å². The first-order chi connectivity index (χ1) is 14.6. The van der Waals surface area contributed by atoms with Crippen molar-refractivity contribution in [2.75, 3.05) is 5.32 Å². The van der Waals surface area contributed by atoms with Gasteiger partial charge in [0.25, 0.3) is 0 Å².